The van der Waals surface area contributed by atoms with Gasteiger partial charge in [0.25, 0.3) is 0 Å². The van der Waals surface area contributed by atoms with Gasteiger partial charge in [0, 0.05) is 25.3 Å². The Morgan fingerprint density at radius 1 is 1.43 bits per heavy atom. The summed E-state index contributed by atoms with van der Waals surface area (Å²) in [7, 11) is 2.00. The summed E-state index contributed by atoms with van der Waals surface area (Å²) >= 11 is 0. The predicted octanol–water partition coefficient (Wildman–Crippen LogP) is 0.762. The van der Waals surface area contributed by atoms with Crippen LogP contribution in [0.15, 0.2) is 0 Å². The number of hydrogen-bond donors (Lipinski definition) is 1. The molecule has 80 valence electrons. The van der Waals surface area contributed by atoms with Gasteiger partial charge in [-0.05, 0) is 26.4 Å². The first kappa shape index (κ1) is 11.2. The number of carboxylic acids is 1. The topological polar surface area (TPSA) is 57.6 Å². The normalized spacial score (nSPS) is 22.5. The molecule has 0 spiro atoms. The number of rotatable bonds is 5. The maximum Gasteiger partial charge on any atom is 0.303 e. The second kappa shape index (κ2) is 5.10. The number of carbonyl (C=O) groups is 2. The molecular formula is C10H17NO3. The van der Waals surface area contributed by atoms with Crippen LogP contribution in [0.25, 0.3) is 0 Å². The lowest BCUT2D eigenvalue weighted by Gasteiger charge is -2.08. The van der Waals surface area contributed by atoms with Gasteiger partial charge in [-0.15, -0.1) is 0 Å². The van der Waals surface area contributed by atoms with Crippen molar-refractivity contribution in [2.75, 3.05) is 20.1 Å². The molecule has 1 unspecified atom stereocenters. The quantitative estimate of drug-likeness (QED) is 0.710. The molecule has 4 nitrogen and oxygen atoms in total. The fourth-order valence-corrected chi connectivity index (χ4v) is 1.82. The Morgan fingerprint density at radius 3 is 2.64 bits per heavy atom. The zero-order valence-corrected chi connectivity index (χ0v) is 8.53. The average Bonchev–Trinajstić information content (AvgIpc) is 2.51. The van der Waals surface area contributed by atoms with Crippen molar-refractivity contribution in [2.45, 2.75) is 25.7 Å². The summed E-state index contributed by atoms with van der Waals surface area (Å²) in [6.45, 7) is 1.82. The van der Waals surface area contributed by atoms with E-state index in [0.29, 0.717) is 12.8 Å². The molecule has 1 N–H and O–H groups in total. The zero-order chi connectivity index (χ0) is 10.6. The van der Waals surface area contributed by atoms with E-state index in [9.17, 15) is 9.59 Å². The van der Waals surface area contributed by atoms with E-state index in [-0.39, 0.29) is 18.1 Å². The maximum atomic E-state index is 11.6. The lowest BCUT2D eigenvalue weighted by atomic mass is 9.99. The molecule has 1 aliphatic heterocycles. The van der Waals surface area contributed by atoms with Crippen molar-refractivity contribution in [1.82, 2.24) is 4.90 Å². The molecule has 1 heterocycles. The number of ketones is 1. The number of likely N-dealkylation sites (tertiary alicyclic amines) is 1. The van der Waals surface area contributed by atoms with Crippen LogP contribution in [-0.4, -0.2) is 41.9 Å². The smallest absolute Gasteiger partial charge is 0.303 e. The highest BCUT2D eigenvalue weighted by atomic mass is 16.4. The fraction of sp³-hybridized carbons (Fsp3) is 0.800. The van der Waals surface area contributed by atoms with Gasteiger partial charge in [-0.1, -0.05) is 0 Å². The van der Waals surface area contributed by atoms with Crippen molar-refractivity contribution in [1.29, 1.82) is 0 Å². The zero-order valence-electron chi connectivity index (χ0n) is 8.53. The molecule has 1 atom stereocenters. The Balaban J connectivity index is 2.18. The van der Waals surface area contributed by atoms with Crippen LogP contribution in [0.1, 0.15) is 25.7 Å². The van der Waals surface area contributed by atoms with Crippen molar-refractivity contribution < 1.29 is 14.7 Å². The molecule has 0 amide bonds. The summed E-state index contributed by atoms with van der Waals surface area (Å²) in [4.78, 5) is 23.9. The van der Waals surface area contributed by atoms with E-state index in [1.165, 1.54) is 0 Å². The average molecular weight is 199 g/mol. The van der Waals surface area contributed by atoms with Crippen LogP contribution in [0.2, 0.25) is 0 Å². The molecular weight excluding hydrogens is 182 g/mol. The fourth-order valence-electron chi connectivity index (χ4n) is 1.82. The molecule has 0 aromatic rings. The highest BCUT2D eigenvalue weighted by Gasteiger charge is 2.25. The third-order valence-corrected chi connectivity index (χ3v) is 2.66. The third kappa shape index (κ3) is 3.46. The van der Waals surface area contributed by atoms with Crippen molar-refractivity contribution in [3.05, 3.63) is 0 Å². The SMILES string of the molecule is CN1CCC(C(=O)CCCC(=O)O)C1. The molecule has 0 aromatic carbocycles. The van der Waals surface area contributed by atoms with Crippen LogP contribution in [0.5, 0.6) is 0 Å². The van der Waals surface area contributed by atoms with Gasteiger partial charge in [0.15, 0.2) is 0 Å². The molecule has 0 aliphatic carbocycles. The first-order valence-electron chi connectivity index (χ1n) is 5.02. The number of hydrogen-bond acceptors (Lipinski definition) is 3. The highest BCUT2D eigenvalue weighted by molar-refractivity contribution is 5.82. The summed E-state index contributed by atoms with van der Waals surface area (Å²) in [5, 5.41) is 8.41. The Morgan fingerprint density at radius 2 is 2.14 bits per heavy atom. The van der Waals surface area contributed by atoms with Gasteiger partial charge in [0.1, 0.15) is 5.78 Å². The Labute approximate surface area is 83.9 Å². The predicted molar refractivity (Wildman–Crippen MR) is 52.1 cm³/mol. The van der Waals surface area contributed by atoms with E-state index in [1.54, 1.807) is 0 Å². The minimum Gasteiger partial charge on any atom is -0.481 e. The Bertz CT molecular complexity index is 227. The highest BCUT2D eigenvalue weighted by Crippen LogP contribution is 2.17. The van der Waals surface area contributed by atoms with Crippen LogP contribution in [0.3, 0.4) is 0 Å². The monoisotopic (exact) mass is 199 g/mol. The van der Waals surface area contributed by atoms with Gasteiger partial charge < -0.3 is 10.0 Å². The van der Waals surface area contributed by atoms with Gasteiger partial charge >= 0.3 is 5.97 Å². The van der Waals surface area contributed by atoms with Gasteiger partial charge in [0.05, 0.1) is 0 Å². The summed E-state index contributed by atoms with van der Waals surface area (Å²) < 4.78 is 0. The molecule has 14 heavy (non-hydrogen) atoms. The molecule has 0 bridgehead atoms. The van der Waals surface area contributed by atoms with Gasteiger partial charge in [-0.25, -0.2) is 0 Å². The van der Waals surface area contributed by atoms with E-state index in [2.05, 4.69) is 4.90 Å². The summed E-state index contributed by atoms with van der Waals surface area (Å²) in [6.07, 6.45) is 1.94. The molecule has 1 rings (SSSR count). The number of nitrogens with zero attached hydrogens (tertiary/aromatic N) is 1. The van der Waals surface area contributed by atoms with Gasteiger partial charge in [-0.2, -0.15) is 0 Å². The largest absolute Gasteiger partial charge is 0.481 e. The lowest BCUT2D eigenvalue weighted by Crippen LogP contribution is -2.19. The molecule has 1 saturated heterocycles. The maximum absolute atomic E-state index is 11.6. The van der Waals surface area contributed by atoms with Crippen LogP contribution < -0.4 is 0 Å². The van der Waals surface area contributed by atoms with E-state index >= 15 is 0 Å². The molecule has 4 heteroatoms. The van der Waals surface area contributed by atoms with E-state index < -0.39 is 5.97 Å². The molecule has 1 fully saturated rings. The van der Waals surface area contributed by atoms with Gasteiger partial charge in [-0.3, -0.25) is 9.59 Å². The standard InChI is InChI=1S/C10H17NO3/c1-11-6-5-8(7-11)9(12)3-2-4-10(13)14/h8H,2-7H2,1H3,(H,13,14). The Kier molecular flexibility index (Phi) is 4.07. The van der Waals surface area contributed by atoms with E-state index in [1.807, 2.05) is 7.05 Å². The number of carboxylic acid groups (broad SMARTS) is 1. The second-order valence-electron chi connectivity index (χ2n) is 3.96. The first-order valence-corrected chi connectivity index (χ1v) is 5.02. The third-order valence-electron chi connectivity index (χ3n) is 2.66. The van der Waals surface area contributed by atoms with Crippen molar-refractivity contribution in [3.63, 3.8) is 0 Å². The van der Waals surface area contributed by atoms with Crippen LogP contribution in [0.4, 0.5) is 0 Å². The molecule has 1 aliphatic rings. The van der Waals surface area contributed by atoms with Crippen LogP contribution in [0, 0.1) is 5.92 Å². The molecule has 0 aromatic heterocycles. The summed E-state index contributed by atoms with van der Waals surface area (Å²) in [5.41, 5.74) is 0. The molecule has 0 saturated carbocycles. The van der Waals surface area contributed by atoms with Gasteiger partial charge in [0.2, 0.25) is 0 Å². The first-order chi connectivity index (χ1) is 6.59. The number of carbonyl (C=O) groups excluding carboxylic acids is 1. The number of Topliss-reactive ketones (excluding diaryl/α,β-unsaturated/α-hetero) is 1. The van der Waals surface area contributed by atoms with Crippen LogP contribution in [-0.2, 0) is 9.59 Å². The summed E-state index contributed by atoms with van der Waals surface area (Å²) in [6, 6.07) is 0. The van der Waals surface area contributed by atoms with Crippen molar-refractivity contribution >= 4 is 11.8 Å². The minimum absolute atomic E-state index is 0.105. The second-order valence-corrected chi connectivity index (χ2v) is 3.96. The van der Waals surface area contributed by atoms with E-state index in [0.717, 1.165) is 19.5 Å². The minimum atomic E-state index is -0.818. The van der Waals surface area contributed by atoms with Crippen molar-refractivity contribution in [3.8, 4) is 0 Å². The van der Waals surface area contributed by atoms with E-state index in [4.69, 9.17) is 5.11 Å². The number of aliphatic carboxylic acids is 1. The van der Waals surface area contributed by atoms with Crippen LogP contribution >= 0.6 is 0 Å². The summed E-state index contributed by atoms with van der Waals surface area (Å²) in [5.74, 6) is -0.439. The van der Waals surface area contributed by atoms with Crippen molar-refractivity contribution in [2.24, 2.45) is 5.92 Å². The molecule has 0 radical (unpaired) electrons. The lowest BCUT2D eigenvalue weighted by molar-refractivity contribution is -0.137. The Hall–Kier alpha value is -0.900.